The molecule has 2 aromatic carbocycles. The molecule has 19 heavy (non-hydrogen) atoms. The van der Waals surface area contributed by atoms with Gasteiger partial charge in [0.15, 0.2) is 0 Å². The lowest BCUT2D eigenvalue weighted by Crippen LogP contribution is -1.99. The predicted molar refractivity (Wildman–Crippen MR) is 74.1 cm³/mol. The van der Waals surface area contributed by atoms with Gasteiger partial charge in [0.1, 0.15) is 11.9 Å². The van der Waals surface area contributed by atoms with Crippen LogP contribution in [0.5, 0.6) is 0 Å². The lowest BCUT2D eigenvalue weighted by atomic mass is 9.96. The monoisotopic (exact) mass is 250 g/mol. The SMILES string of the molecule is OC(c1ccco1)c1ccc2c3c(cccc13)CC2. The van der Waals surface area contributed by atoms with E-state index in [4.69, 9.17) is 4.42 Å². The van der Waals surface area contributed by atoms with Crippen molar-refractivity contribution >= 4 is 10.8 Å². The third kappa shape index (κ3) is 1.53. The number of rotatable bonds is 2. The van der Waals surface area contributed by atoms with E-state index in [1.54, 1.807) is 12.3 Å². The van der Waals surface area contributed by atoms with Crippen LogP contribution in [0, 0.1) is 0 Å². The first kappa shape index (κ1) is 10.8. The Morgan fingerprint density at radius 2 is 1.79 bits per heavy atom. The van der Waals surface area contributed by atoms with Crippen molar-refractivity contribution in [2.24, 2.45) is 0 Å². The summed E-state index contributed by atoms with van der Waals surface area (Å²) in [4.78, 5) is 0. The van der Waals surface area contributed by atoms with E-state index >= 15 is 0 Å². The van der Waals surface area contributed by atoms with Gasteiger partial charge in [0, 0.05) is 0 Å². The van der Waals surface area contributed by atoms with E-state index in [1.165, 1.54) is 16.5 Å². The van der Waals surface area contributed by atoms with Crippen LogP contribution in [0.2, 0.25) is 0 Å². The second-order valence-electron chi connectivity index (χ2n) is 5.07. The minimum Gasteiger partial charge on any atom is -0.466 e. The van der Waals surface area contributed by atoms with Gasteiger partial charge in [-0.15, -0.1) is 0 Å². The van der Waals surface area contributed by atoms with Crippen molar-refractivity contribution in [3.63, 3.8) is 0 Å². The van der Waals surface area contributed by atoms with Crippen molar-refractivity contribution in [2.45, 2.75) is 18.9 Å². The Labute approximate surface area is 111 Å². The molecule has 0 fully saturated rings. The zero-order valence-electron chi connectivity index (χ0n) is 10.5. The summed E-state index contributed by atoms with van der Waals surface area (Å²) in [7, 11) is 0. The molecule has 0 spiro atoms. The fourth-order valence-corrected chi connectivity index (χ4v) is 3.11. The summed E-state index contributed by atoms with van der Waals surface area (Å²) in [6.07, 6.45) is 3.11. The summed E-state index contributed by atoms with van der Waals surface area (Å²) in [6.45, 7) is 0. The first-order valence-corrected chi connectivity index (χ1v) is 6.59. The quantitative estimate of drug-likeness (QED) is 0.753. The molecule has 1 unspecified atom stereocenters. The molecule has 4 rings (SSSR count). The standard InChI is InChI=1S/C17H14O2/c18-17(15-5-2-10-19-15)14-9-8-12-7-6-11-3-1-4-13(14)16(11)12/h1-5,8-10,17-18H,6-7H2. The maximum absolute atomic E-state index is 10.5. The number of hydrogen-bond donors (Lipinski definition) is 1. The molecular weight excluding hydrogens is 236 g/mol. The van der Waals surface area contributed by atoms with Crippen molar-refractivity contribution in [3.05, 3.63) is 71.2 Å². The van der Waals surface area contributed by atoms with Gasteiger partial charge in [0.2, 0.25) is 0 Å². The van der Waals surface area contributed by atoms with E-state index < -0.39 is 6.10 Å². The molecule has 1 aromatic heterocycles. The van der Waals surface area contributed by atoms with Crippen LogP contribution in [0.25, 0.3) is 10.8 Å². The van der Waals surface area contributed by atoms with Crippen LogP contribution in [0.1, 0.15) is 28.6 Å². The van der Waals surface area contributed by atoms with E-state index in [0.717, 1.165) is 23.8 Å². The van der Waals surface area contributed by atoms with Crippen LogP contribution >= 0.6 is 0 Å². The van der Waals surface area contributed by atoms with Gasteiger partial charge in [-0.2, -0.15) is 0 Å². The van der Waals surface area contributed by atoms with Crippen LogP contribution < -0.4 is 0 Å². The molecule has 0 saturated heterocycles. The Hall–Kier alpha value is -2.06. The fraction of sp³-hybridized carbons (Fsp3) is 0.176. The molecule has 1 N–H and O–H groups in total. The summed E-state index contributed by atoms with van der Waals surface area (Å²) in [5.74, 6) is 0.596. The van der Waals surface area contributed by atoms with Crippen molar-refractivity contribution in [1.82, 2.24) is 0 Å². The summed E-state index contributed by atoms with van der Waals surface area (Å²) in [6, 6.07) is 14.1. The average molecular weight is 250 g/mol. The van der Waals surface area contributed by atoms with E-state index in [9.17, 15) is 5.11 Å². The molecule has 2 nitrogen and oxygen atoms in total. The largest absolute Gasteiger partial charge is 0.466 e. The topological polar surface area (TPSA) is 33.4 Å². The molecule has 94 valence electrons. The minimum atomic E-state index is -0.695. The molecule has 0 radical (unpaired) electrons. The van der Waals surface area contributed by atoms with Gasteiger partial charge in [0.25, 0.3) is 0 Å². The van der Waals surface area contributed by atoms with Gasteiger partial charge in [-0.05, 0) is 52.4 Å². The average Bonchev–Trinajstić information content (AvgIpc) is 3.09. The number of aliphatic hydroxyl groups is 1. The van der Waals surface area contributed by atoms with Crippen LogP contribution in [0.3, 0.4) is 0 Å². The maximum atomic E-state index is 10.5. The highest BCUT2D eigenvalue weighted by Gasteiger charge is 2.20. The maximum Gasteiger partial charge on any atom is 0.137 e. The summed E-state index contributed by atoms with van der Waals surface area (Å²) >= 11 is 0. The van der Waals surface area contributed by atoms with Crippen LogP contribution in [0.4, 0.5) is 0 Å². The number of furan rings is 1. The molecule has 3 aromatic rings. The van der Waals surface area contributed by atoms with E-state index in [0.29, 0.717) is 5.76 Å². The number of aryl methyl sites for hydroxylation is 2. The Balaban J connectivity index is 1.97. The molecule has 2 heteroatoms. The first-order valence-electron chi connectivity index (χ1n) is 6.59. The number of aliphatic hydroxyl groups excluding tert-OH is 1. The van der Waals surface area contributed by atoms with Crippen molar-refractivity contribution in [1.29, 1.82) is 0 Å². The number of benzene rings is 2. The predicted octanol–water partition coefficient (Wildman–Crippen LogP) is 3.61. The van der Waals surface area contributed by atoms with Crippen LogP contribution in [0.15, 0.2) is 53.1 Å². The molecule has 1 aliphatic carbocycles. The Bertz CT molecular complexity index is 731. The molecule has 0 amide bonds. The van der Waals surface area contributed by atoms with E-state index in [1.807, 2.05) is 12.1 Å². The van der Waals surface area contributed by atoms with E-state index in [2.05, 4.69) is 24.3 Å². The fourth-order valence-electron chi connectivity index (χ4n) is 3.11. The van der Waals surface area contributed by atoms with Crippen molar-refractivity contribution < 1.29 is 9.52 Å². The van der Waals surface area contributed by atoms with Gasteiger partial charge in [-0.3, -0.25) is 0 Å². The van der Waals surface area contributed by atoms with Crippen LogP contribution in [-0.4, -0.2) is 5.11 Å². The first-order chi connectivity index (χ1) is 9.34. The van der Waals surface area contributed by atoms with Gasteiger partial charge >= 0.3 is 0 Å². The lowest BCUT2D eigenvalue weighted by molar-refractivity contribution is 0.191. The molecule has 0 aliphatic heterocycles. The smallest absolute Gasteiger partial charge is 0.137 e. The molecule has 0 bridgehead atoms. The molecule has 1 aliphatic rings. The normalized spacial score (nSPS) is 15.0. The highest BCUT2D eigenvalue weighted by atomic mass is 16.4. The lowest BCUT2D eigenvalue weighted by Gasteiger charge is -2.13. The van der Waals surface area contributed by atoms with Gasteiger partial charge in [-0.1, -0.05) is 30.3 Å². The Morgan fingerprint density at radius 1 is 0.947 bits per heavy atom. The molecule has 0 saturated carbocycles. The number of hydrogen-bond acceptors (Lipinski definition) is 2. The summed E-state index contributed by atoms with van der Waals surface area (Å²) < 4.78 is 5.32. The molecule has 1 atom stereocenters. The summed E-state index contributed by atoms with van der Waals surface area (Å²) in [5, 5.41) is 13.0. The Kier molecular flexibility index (Phi) is 2.26. The highest BCUT2D eigenvalue weighted by molar-refractivity contribution is 5.93. The van der Waals surface area contributed by atoms with Crippen molar-refractivity contribution in [3.8, 4) is 0 Å². The Morgan fingerprint density at radius 3 is 2.58 bits per heavy atom. The van der Waals surface area contributed by atoms with Gasteiger partial charge < -0.3 is 9.52 Å². The zero-order chi connectivity index (χ0) is 12.8. The third-order valence-corrected chi connectivity index (χ3v) is 4.02. The molecule has 1 heterocycles. The highest BCUT2D eigenvalue weighted by Crippen LogP contribution is 2.36. The second-order valence-corrected chi connectivity index (χ2v) is 5.07. The van der Waals surface area contributed by atoms with E-state index in [-0.39, 0.29) is 0 Å². The van der Waals surface area contributed by atoms with Crippen LogP contribution in [-0.2, 0) is 12.8 Å². The third-order valence-electron chi connectivity index (χ3n) is 4.02. The zero-order valence-corrected chi connectivity index (χ0v) is 10.5. The van der Waals surface area contributed by atoms with Gasteiger partial charge in [0.05, 0.1) is 6.26 Å². The second kappa shape index (κ2) is 3.97. The minimum absolute atomic E-state index is 0.596. The van der Waals surface area contributed by atoms with Crippen molar-refractivity contribution in [2.75, 3.05) is 0 Å². The van der Waals surface area contributed by atoms with Gasteiger partial charge in [-0.25, -0.2) is 0 Å². The summed E-state index contributed by atoms with van der Waals surface area (Å²) in [5.41, 5.74) is 3.71. The molecular formula is C17H14O2.